The molecule has 0 aliphatic carbocycles. The van der Waals surface area contributed by atoms with E-state index in [0.717, 1.165) is 30.9 Å². The van der Waals surface area contributed by atoms with Crippen LogP contribution >= 0.6 is 0 Å². The Labute approximate surface area is 189 Å². The van der Waals surface area contributed by atoms with E-state index in [1.807, 2.05) is 35.1 Å². The van der Waals surface area contributed by atoms with E-state index in [0.29, 0.717) is 37.1 Å². The summed E-state index contributed by atoms with van der Waals surface area (Å²) in [6.45, 7) is 10.6. The van der Waals surface area contributed by atoms with Crippen LogP contribution in [0.1, 0.15) is 52.8 Å². The lowest BCUT2D eigenvalue weighted by atomic mass is 10.0. The number of carbonyl (C=O) groups excluding carboxylic acids is 1. The van der Waals surface area contributed by atoms with Crippen LogP contribution in [0.25, 0.3) is 0 Å². The van der Waals surface area contributed by atoms with Crippen molar-refractivity contribution in [3.8, 4) is 5.75 Å². The van der Waals surface area contributed by atoms with E-state index in [9.17, 15) is 4.79 Å². The van der Waals surface area contributed by atoms with Crippen LogP contribution in [-0.2, 0) is 20.2 Å². The number of furan rings is 1. The Morgan fingerprint density at radius 3 is 2.62 bits per heavy atom. The molecule has 1 saturated heterocycles. The SMILES string of the molecule is Cc1ccc(C(C)C)c(OCc2ccc(C(=O)N3CCN(Cc4cnn(C)c4)CC3)o2)c1. The predicted molar refractivity (Wildman–Crippen MR) is 123 cm³/mol. The number of hydrogen-bond donors (Lipinski definition) is 0. The van der Waals surface area contributed by atoms with Crippen LogP contribution in [0.2, 0.25) is 0 Å². The average molecular weight is 437 g/mol. The molecule has 1 aliphatic heterocycles. The van der Waals surface area contributed by atoms with Crippen LogP contribution in [0.5, 0.6) is 5.75 Å². The number of amides is 1. The summed E-state index contributed by atoms with van der Waals surface area (Å²) >= 11 is 0. The summed E-state index contributed by atoms with van der Waals surface area (Å²) in [5, 5.41) is 4.22. The van der Waals surface area contributed by atoms with E-state index in [-0.39, 0.29) is 5.91 Å². The molecule has 0 spiro atoms. The van der Waals surface area contributed by atoms with Gasteiger partial charge in [-0.05, 0) is 42.2 Å². The summed E-state index contributed by atoms with van der Waals surface area (Å²) in [7, 11) is 1.92. The molecule has 170 valence electrons. The third-order valence-corrected chi connectivity index (χ3v) is 5.86. The summed E-state index contributed by atoms with van der Waals surface area (Å²) in [5.41, 5.74) is 3.52. The molecule has 7 nitrogen and oxygen atoms in total. The van der Waals surface area contributed by atoms with Gasteiger partial charge in [0.05, 0.1) is 6.20 Å². The number of rotatable bonds is 7. The van der Waals surface area contributed by atoms with Gasteiger partial charge in [0.1, 0.15) is 18.1 Å². The van der Waals surface area contributed by atoms with E-state index in [1.54, 1.807) is 6.07 Å². The molecule has 0 atom stereocenters. The summed E-state index contributed by atoms with van der Waals surface area (Å²) in [6, 6.07) is 9.84. The number of aryl methyl sites for hydroxylation is 2. The molecule has 0 N–H and O–H groups in total. The molecule has 0 unspecified atom stereocenters. The van der Waals surface area contributed by atoms with E-state index in [1.165, 1.54) is 11.1 Å². The van der Waals surface area contributed by atoms with Gasteiger partial charge in [0.25, 0.3) is 5.91 Å². The zero-order valence-corrected chi connectivity index (χ0v) is 19.4. The monoisotopic (exact) mass is 436 g/mol. The molecule has 3 heterocycles. The number of hydrogen-bond acceptors (Lipinski definition) is 5. The van der Waals surface area contributed by atoms with E-state index >= 15 is 0 Å². The highest BCUT2D eigenvalue weighted by Gasteiger charge is 2.24. The van der Waals surface area contributed by atoms with E-state index in [4.69, 9.17) is 9.15 Å². The Morgan fingerprint density at radius 2 is 1.94 bits per heavy atom. The maximum Gasteiger partial charge on any atom is 0.289 e. The van der Waals surface area contributed by atoms with Crippen LogP contribution in [0.15, 0.2) is 47.1 Å². The summed E-state index contributed by atoms with van der Waals surface area (Å²) in [5.74, 6) is 2.21. The molecule has 7 heteroatoms. The van der Waals surface area contributed by atoms with Crippen molar-refractivity contribution in [3.63, 3.8) is 0 Å². The molecule has 1 aliphatic rings. The minimum atomic E-state index is -0.0595. The molecular weight excluding hydrogens is 404 g/mol. The van der Waals surface area contributed by atoms with Crippen LogP contribution in [0.4, 0.5) is 0 Å². The Bertz CT molecular complexity index is 1060. The maximum atomic E-state index is 12.9. The zero-order valence-electron chi connectivity index (χ0n) is 19.4. The van der Waals surface area contributed by atoms with Crippen LogP contribution in [0.3, 0.4) is 0 Å². The lowest BCUT2D eigenvalue weighted by Gasteiger charge is -2.34. The minimum Gasteiger partial charge on any atom is -0.485 e. The third kappa shape index (κ3) is 5.22. The molecule has 1 aromatic carbocycles. The fourth-order valence-electron chi connectivity index (χ4n) is 4.04. The first-order valence-corrected chi connectivity index (χ1v) is 11.2. The van der Waals surface area contributed by atoms with Gasteiger partial charge in [-0.1, -0.05) is 26.0 Å². The Balaban J connectivity index is 1.31. The Kier molecular flexibility index (Phi) is 6.65. The number of piperazine rings is 1. The van der Waals surface area contributed by atoms with E-state index in [2.05, 4.69) is 49.0 Å². The number of carbonyl (C=O) groups is 1. The third-order valence-electron chi connectivity index (χ3n) is 5.86. The Morgan fingerprint density at radius 1 is 1.16 bits per heavy atom. The van der Waals surface area contributed by atoms with Gasteiger partial charge in [0.15, 0.2) is 5.76 Å². The van der Waals surface area contributed by atoms with Crippen LogP contribution < -0.4 is 4.74 Å². The average Bonchev–Trinajstić information content (AvgIpc) is 3.41. The highest BCUT2D eigenvalue weighted by atomic mass is 16.5. The van der Waals surface area contributed by atoms with Gasteiger partial charge in [0.2, 0.25) is 0 Å². The largest absolute Gasteiger partial charge is 0.485 e. The van der Waals surface area contributed by atoms with Crippen molar-refractivity contribution in [2.45, 2.75) is 39.8 Å². The van der Waals surface area contributed by atoms with E-state index < -0.39 is 0 Å². The van der Waals surface area contributed by atoms with Crippen molar-refractivity contribution in [2.24, 2.45) is 7.05 Å². The fraction of sp³-hybridized carbons (Fsp3) is 0.440. The molecule has 3 aromatic rings. The molecule has 2 aromatic heterocycles. The Hall–Kier alpha value is -3.06. The number of ether oxygens (including phenoxy) is 1. The summed E-state index contributed by atoms with van der Waals surface area (Å²) in [4.78, 5) is 17.1. The molecular formula is C25H32N4O3. The highest BCUT2D eigenvalue weighted by molar-refractivity contribution is 5.91. The van der Waals surface area contributed by atoms with Crippen molar-refractivity contribution in [3.05, 3.63) is 70.9 Å². The molecule has 0 radical (unpaired) electrons. The first-order chi connectivity index (χ1) is 15.4. The maximum absolute atomic E-state index is 12.9. The molecule has 1 amide bonds. The highest BCUT2D eigenvalue weighted by Crippen LogP contribution is 2.28. The van der Waals surface area contributed by atoms with Gasteiger partial charge >= 0.3 is 0 Å². The fourth-order valence-corrected chi connectivity index (χ4v) is 4.04. The zero-order chi connectivity index (χ0) is 22.7. The molecule has 1 fully saturated rings. The van der Waals surface area contributed by atoms with Gasteiger partial charge in [0, 0.05) is 51.5 Å². The van der Waals surface area contributed by atoms with Gasteiger partial charge in [-0.15, -0.1) is 0 Å². The van der Waals surface area contributed by atoms with Crippen LogP contribution in [-0.4, -0.2) is 51.7 Å². The topological polar surface area (TPSA) is 63.7 Å². The standard InChI is InChI=1S/C25H32N4O3/c1-18(2)22-7-5-19(3)13-24(22)31-17-21-6-8-23(32-21)25(30)29-11-9-28(10-12-29)16-20-14-26-27(4)15-20/h5-8,13-15,18H,9-12,16-17H2,1-4H3. The van der Waals surface area contributed by atoms with Crippen molar-refractivity contribution in [1.29, 1.82) is 0 Å². The smallest absolute Gasteiger partial charge is 0.289 e. The van der Waals surface area contributed by atoms with Crippen molar-refractivity contribution in [1.82, 2.24) is 19.6 Å². The second-order valence-corrected chi connectivity index (χ2v) is 8.84. The summed E-state index contributed by atoms with van der Waals surface area (Å²) < 4.78 is 13.7. The molecule has 0 bridgehead atoms. The molecule has 0 saturated carbocycles. The number of nitrogens with zero attached hydrogens (tertiary/aromatic N) is 4. The second-order valence-electron chi connectivity index (χ2n) is 8.84. The van der Waals surface area contributed by atoms with Crippen LogP contribution in [0, 0.1) is 6.92 Å². The minimum absolute atomic E-state index is 0.0595. The van der Waals surface area contributed by atoms with Crippen molar-refractivity contribution >= 4 is 5.91 Å². The van der Waals surface area contributed by atoms with Gasteiger partial charge in [-0.25, -0.2) is 0 Å². The van der Waals surface area contributed by atoms with Gasteiger partial charge in [-0.2, -0.15) is 5.10 Å². The quantitative estimate of drug-likeness (QED) is 0.561. The normalized spacial score (nSPS) is 14.8. The number of aromatic nitrogens is 2. The predicted octanol–water partition coefficient (Wildman–Crippen LogP) is 3.98. The first kappa shape index (κ1) is 22.1. The van der Waals surface area contributed by atoms with Gasteiger partial charge < -0.3 is 14.1 Å². The summed E-state index contributed by atoms with van der Waals surface area (Å²) in [6.07, 6.45) is 3.93. The lowest BCUT2D eigenvalue weighted by molar-refractivity contribution is 0.0594. The van der Waals surface area contributed by atoms with Crippen molar-refractivity contribution < 1.29 is 13.9 Å². The first-order valence-electron chi connectivity index (χ1n) is 11.2. The second kappa shape index (κ2) is 9.61. The lowest BCUT2D eigenvalue weighted by Crippen LogP contribution is -2.48. The number of benzene rings is 1. The van der Waals surface area contributed by atoms with Crippen molar-refractivity contribution in [2.75, 3.05) is 26.2 Å². The van der Waals surface area contributed by atoms with Gasteiger partial charge in [-0.3, -0.25) is 14.4 Å². The molecule has 32 heavy (non-hydrogen) atoms. The molecule has 4 rings (SSSR count).